The van der Waals surface area contributed by atoms with Crippen molar-refractivity contribution in [3.63, 3.8) is 0 Å². The molecule has 1 aromatic heterocycles. The zero-order chi connectivity index (χ0) is 44.2. The molecule has 1 saturated carbocycles. The van der Waals surface area contributed by atoms with Crippen molar-refractivity contribution in [3.8, 4) is 11.4 Å². The van der Waals surface area contributed by atoms with E-state index in [0.717, 1.165) is 43.3 Å². The Balaban J connectivity index is 0.990. The number of amides is 3. The summed E-state index contributed by atoms with van der Waals surface area (Å²) < 4.78 is 3.70. The maximum atomic E-state index is 14.0. The minimum atomic E-state index is -0.942. The molecule has 2 fully saturated rings. The Morgan fingerprint density at radius 2 is 1.19 bits per heavy atom. The SMILES string of the molecule is NC(N)=NCCCC(NC(=O)CC1(CC(=O)N2CCN(C(c3ccccc3)c3ccccc3)CC2)CCCC1)C(=O)NCCn1c(=O)n(-c2ccccc2)n(-c2ccccc2)c1=O. The number of aliphatic imine (C=N–C) groups is 1. The summed E-state index contributed by atoms with van der Waals surface area (Å²) in [6, 6.07) is 37.8. The summed E-state index contributed by atoms with van der Waals surface area (Å²) in [4.78, 5) is 77.7. The van der Waals surface area contributed by atoms with Crippen molar-refractivity contribution in [2.24, 2.45) is 21.9 Å². The van der Waals surface area contributed by atoms with Crippen LogP contribution in [-0.2, 0) is 20.9 Å². The average molecular weight is 855 g/mol. The van der Waals surface area contributed by atoms with Crippen molar-refractivity contribution in [1.29, 1.82) is 0 Å². The van der Waals surface area contributed by atoms with Gasteiger partial charge in [-0.15, -0.1) is 0 Å². The molecule has 3 amide bonds. The molecule has 2 aliphatic rings. The van der Waals surface area contributed by atoms with Gasteiger partial charge >= 0.3 is 11.4 Å². The van der Waals surface area contributed by atoms with Crippen LogP contribution >= 0.6 is 0 Å². The number of carbonyl (C=O) groups is 3. The van der Waals surface area contributed by atoms with Gasteiger partial charge in [0.25, 0.3) is 0 Å². The highest BCUT2D eigenvalue weighted by molar-refractivity contribution is 5.88. The van der Waals surface area contributed by atoms with Crippen LogP contribution in [0.1, 0.15) is 68.5 Å². The van der Waals surface area contributed by atoms with Crippen LogP contribution in [0.3, 0.4) is 0 Å². The number of benzene rings is 4. The van der Waals surface area contributed by atoms with Crippen LogP contribution < -0.4 is 33.5 Å². The number of para-hydroxylation sites is 2. The molecule has 5 aromatic rings. The van der Waals surface area contributed by atoms with Gasteiger partial charge in [0.05, 0.1) is 17.4 Å². The number of hydrogen-bond donors (Lipinski definition) is 4. The maximum Gasteiger partial charge on any atom is 0.352 e. The maximum absolute atomic E-state index is 14.0. The number of guanidine groups is 1. The van der Waals surface area contributed by atoms with E-state index in [1.165, 1.54) is 20.5 Å². The topological polar surface area (TPSA) is 195 Å². The molecule has 6 N–H and O–H groups in total. The molecule has 1 atom stereocenters. The molecule has 15 nitrogen and oxygen atoms in total. The molecule has 2 heterocycles. The highest BCUT2D eigenvalue weighted by atomic mass is 16.2. The van der Waals surface area contributed by atoms with Gasteiger partial charge in [-0.3, -0.25) is 24.3 Å². The van der Waals surface area contributed by atoms with Crippen molar-refractivity contribution >= 4 is 23.7 Å². The van der Waals surface area contributed by atoms with Crippen LogP contribution in [0.2, 0.25) is 0 Å². The molecule has 15 heteroatoms. The molecule has 4 aromatic carbocycles. The molecule has 1 saturated heterocycles. The predicted molar refractivity (Wildman–Crippen MR) is 243 cm³/mol. The van der Waals surface area contributed by atoms with Crippen LogP contribution in [0.4, 0.5) is 0 Å². The van der Waals surface area contributed by atoms with E-state index in [1.807, 2.05) is 29.2 Å². The summed E-state index contributed by atoms with van der Waals surface area (Å²) in [5.41, 5.74) is 12.9. The van der Waals surface area contributed by atoms with Gasteiger partial charge in [-0.25, -0.2) is 14.2 Å². The van der Waals surface area contributed by atoms with Crippen molar-refractivity contribution < 1.29 is 14.4 Å². The third-order valence-corrected chi connectivity index (χ3v) is 12.2. The lowest BCUT2D eigenvalue weighted by Crippen LogP contribution is -2.51. The zero-order valence-corrected chi connectivity index (χ0v) is 35.7. The summed E-state index contributed by atoms with van der Waals surface area (Å²) in [6.45, 7) is 2.74. The largest absolute Gasteiger partial charge is 0.370 e. The molecular formula is C48H58N10O5. The lowest BCUT2D eigenvalue weighted by Gasteiger charge is -2.41. The lowest BCUT2D eigenvalue weighted by molar-refractivity contribution is -0.137. The normalized spacial score (nSPS) is 15.5. The number of rotatable bonds is 18. The molecule has 0 bridgehead atoms. The molecule has 1 aliphatic carbocycles. The molecule has 63 heavy (non-hydrogen) atoms. The Morgan fingerprint density at radius 1 is 0.683 bits per heavy atom. The fourth-order valence-corrected chi connectivity index (χ4v) is 9.12. The second-order valence-electron chi connectivity index (χ2n) is 16.6. The van der Waals surface area contributed by atoms with Gasteiger partial charge < -0.3 is 27.0 Å². The molecule has 1 aliphatic heterocycles. The fraction of sp³-hybridized carbons (Fsp3) is 0.375. The van der Waals surface area contributed by atoms with E-state index < -0.39 is 28.7 Å². The first kappa shape index (κ1) is 44.3. The molecular weight excluding hydrogens is 797 g/mol. The van der Waals surface area contributed by atoms with Crippen LogP contribution in [-0.4, -0.2) is 92.7 Å². The van der Waals surface area contributed by atoms with Gasteiger partial charge in [0.15, 0.2) is 5.96 Å². The van der Waals surface area contributed by atoms with E-state index in [9.17, 15) is 24.0 Å². The van der Waals surface area contributed by atoms with Crippen LogP contribution in [0.25, 0.3) is 11.4 Å². The van der Waals surface area contributed by atoms with Crippen molar-refractivity contribution in [3.05, 3.63) is 153 Å². The number of carbonyl (C=O) groups excluding carboxylic acids is 3. The summed E-state index contributed by atoms with van der Waals surface area (Å²) >= 11 is 0. The van der Waals surface area contributed by atoms with Gasteiger partial charge in [-0.05, 0) is 66.5 Å². The third kappa shape index (κ3) is 11.0. The van der Waals surface area contributed by atoms with E-state index in [2.05, 4.69) is 69.1 Å². The zero-order valence-electron chi connectivity index (χ0n) is 35.7. The Labute approximate surface area is 367 Å². The summed E-state index contributed by atoms with van der Waals surface area (Å²) in [7, 11) is 0. The minimum absolute atomic E-state index is 0.0505. The molecule has 7 rings (SSSR count). The van der Waals surface area contributed by atoms with Crippen molar-refractivity contribution in [2.75, 3.05) is 39.3 Å². The number of nitrogens with zero attached hydrogens (tertiary/aromatic N) is 6. The van der Waals surface area contributed by atoms with E-state index >= 15 is 0 Å². The average Bonchev–Trinajstić information content (AvgIpc) is 3.86. The summed E-state index contributed by atoms with van der Waals surface area (Å²) in [5, 5.41) is 5.79. The fourth-order valence-electron chi connectivity index (χ4n) is 9.12. The number of nitrogens with one attached hydrogen (secondary N) is 2. The minimum Gasteiger partial charge on any atom is -0.370 e. The molecule has 0 spiro atoms. The first-order valence-corrected chi connectivity index (χ1v) is 21.9. The van der Waals surface area contributed by atoms with Crippen LogP contribution in [0.15, 0.2) is 136 Å². The van der Waals surface area contributed by atoms with Gasteiger partial charge in [0.2, 0.25) is 17.7 Å². The van der Waals surface area contributed by atoms with Gasteiger partial charge in [0.1, 0.15) is 6.04 Å². The first-order chi connectivity index (χ1) is 30.6. The van der Waals surface area contributed by atoms with Gasteiger partial charge in [-0.2, -0.15) is 9.36 Å². The Kier molecular flexibility index (Phi) is 14.7. The van der Waals surface area contributed by atoms with E-state index in [1.54, 1.807) is 48.5 Å². The number of nitrogens with two attached hydrogens (primary N) is 2. The van der Waals surface area contributed by atoms with E-state index in [0.29, 0.717) is 30.9 Å². The third-order valence-electron chi connectivity index (χ3n) is 12.2. The predicted octanol–water partition coefficient (Wildman–Crippen LogP) is 3.72. The van der Waals surface area contributed by atoms with Gasteiger partial charge in [-0.1, -0.05) is 110 Å². The smallest absolute Gasteiger partial charge is 0.352 e. The second-order valence-corrected chi connectivity index (χ2v) is 16.6. The number of piperazine rings is 1. The number of hydrogen-bond acceptors (Lipinski definition) is 7. The Bertz CT molecular complexity index is 2320. The number of aromatic nitrogens is 3. The monoisotopic (exact) mass is 854 g/mol. The van der Waals surface area contributed by atoms with Crippen LogP contribution in [0.5, 0.6) is 0 Å². The van der Waals surface area contributed by atoms with Crippen molar-refractivity contribution in [1.82, 2.24) is 34.4 Å². The quantitative estimate of drug-likeness (QED) is 0.0582. The van der Waals surface area contributed by atoms with Crippen molar-refractivity contribution in [2.45, 2.75) is 70.0 Å². The molecule has 0 radical (unpaired) electrons. The second kappa shape index (κ2) is 20.9. The van der Waals surface area contributed by atoms with E-state index in [4.69, 9.17) is 11.5 Å². The molecule has 1 unspecified atom stereocenters. The highest BCUT2D eigenvalue weighted by Crippen LogP contribution is 2.44. The first-order valence-electron chi connectivity index (χ1n) is 21.9. The molecule has 330 valence electrons. The summed E-state index contributed by atoms with van der Waals surface area (Å²) in [6.07, 6.45) is 4.35. The van der Waals surface area contributed by atoms with Gasteiger partial charge in [0, 0.05) is 58.7 Å². The van der Waals surface area contributed by atoms with E-state index in [-0.39, 0.29) is 62.7 Å². The summed E-state index contributed by atoms with van der Waals surface area (Å²) in [5.74, 6) is -0.803. The van der Waals surface area contributed by atoms with Crippen LogP contribution in [0, 0.1) is 5.41 Å². The highest BCUT2D eigenvalue weighted by Gasteiger charge is 2.40. The lowest BCUT2D eigenvalue weighted by atomic mass is 9.78. The Morgan fingerprint density at radius 3 is 1.70 bits per heavy atom. The Hall–Kier alpha value is -6.74. The standard InChI is InChI=1S/C48H58N10O5/c49-45(50)52-27-15-24-40(44(61)51-28-29-56-46(62)57(38-20-9-3-10-21-38)58(47(56)63)39-22-11-4-12-23-39)53-41(59)34-48(25-13-14-26-48)35-42(60)54-30-32-55(33-31-54)43(36-16-5-1-6-17-36)37-18-7-2-8-19-37/h1-12,16-23,40,43H,13-15,24-35H2,(H,51,61)(H,53,59)(H4,49,50,52).